The maximum Gasteiger partial charge on any atom is 0.169 e. The topological polar surface area (TPSA) is 50.5 Å². The van der Waals surface area contributed by atoms with Crippen LogP contribution < -0.4 is 14.8 Å². The van der Waals surface area contributed by atoms with E-state index in [2.05, 4.69) is 45.6 Å². The van der Waals surface area contributed by atoms with E-state index in [1.54, 1.807) is 0 Å². The third-order valence-electron chi connectivity index (χ3n) is 4.73. The standard InChI is InChI=1S/C18H21N5S/c1-14-11-15(2)23(18(24)17(14)12-19)13-21-7-9-22(10-8-21)16-3-5-20-6-4-16/h3-6,11H,7-10,13H2,1-2H3/p+2. The molecule has 124 valence electrons. The van der Waals surface area contributed by atoms with Gasteiger partial charge in [0, 0.05) is 23.5 Å². The molecule has 5 nitrogen and oxygen atoms in total. The molecule has 0 saturated carbocycles. The van der Waals surface area contributed by atoms with Crippen molar-refractivity contribution in [3.05, 3.63) is 52.1 Å². The van der Waals surface area contributed by atoms with Gasteiger partial charge in [0.25, 0.3) is 0 Å². The number of rotatable bonds is 3. The van der Waals surface area contributed by atoms with Crippen LogP contribution in [-0.4, -0.2) is 30.7 Å². The molecule has 0 aliphatic carbocycles. The van der Waals surface area contributed by atoms with Crippen LogP contribution in [0.1, 0.15) is 16.8 Å². The molecule has 3 rings (SSSR count). The minimum absolute atomic E-state index is 0.633. The summed E-state index contributed by atoms with van der Waals surface area (Å²) in [6.45, 7) is 9.04. The second kappa shape index (κ2) is 7.12. The Bertz CT molecular complexity index is 814. The van der Waals surface area contributed by atoms with Crippen molar-refractivity contribution in [1.82, 2.24) is 4.57 Å². The number of hydrogen-bond acceptors (Lipinski definition) is 3. The average molecular weight is 341 g/mol. The molecular formula is C18H23N5S+2. The number of aryl methyl sites for hydroxylation is 2. The highest BCUT2D eigenvalue weighted by molar-refractivity contribution is 7.71. The molecule has 0 amide bonds. The Morgan fingerprint density at radius 2 is 1.92 bits per heavy atom. The Kier molecular flexibility index (Phi) is 4.93. The first-order chi connectivity index (χ1) is 11.6. The van der Waals surface area contributed by atoms with Crippen LogP contribution in [0, 0.1) is 29.8 Å². The molecule has 1 aliphatic heterocycles. The third kappa shape index (κ3) is 3.32. The SMILES string of the molecule is Cc1cc(C)n(C[NH+]2CCN(c3cc[nH+]cc3)CC2)c(=S)c1C#N. The molecule has 0 unspecified atom stereocenters. The molecule has 24 heavy (non-hydrogen) atoms. The number of aromatic amines is 1. The molecule has 1 fully saturated rings. The first-order valence-corrected chi connectivity index (χ1v) is 8.66. The van der Waals surface area contributed by atoms with Crippen molar-refractivity contribution in [1.29, 1.82) is 5.26 Å². The van der Waals surface area contributed by atoms with Crippen LogP contribution in [0.2, 0.25) is 0 Å². The van der Waals surface area contributed by atoms with Crippen LogP contribution in [0.25, 0.3) is 0 Å². The second-order valence-corrected chi connectivity index (χ2v) is 6.73. The Balaban J connectivity index is 1.71. The van der Waals surface area contributed by atoms with Crippen molar-refractivity contribution in [2.45, 2.75) is 20.5 Å². The van der Waals surface area contributed by atoms with Crippen LogP contribution >= 0.6 is 12.2 Å². The number of nitrogens with zero attached hydrogens (tertiary/aromatic N) is 3. The quantitative estimate of drug-likeness (QED) is 0.844. The maximum absolute atomic E-state index is 9.34. The van der Waals surface area contributed by atoms with Gasteiger partial charge in [-0.2, -0.15) is 5.26 Å². The van der Waals surface area contributed by atoms with Crippen molar-refractivity contribution < 1.29 is 9.88 Å². The lowest BCUT2D eigenvalue weighted by molar-refractivity contribution is -0.923. The number of H-pyrrole nitrogens is 1. The summed E-state index contributed by atoms with van der Waals surface area (Å²) in [6, 6.07) is 8.54. The van der Waals surface area contributed by atoms with Gasteiger partial charge in [0.1, 0.15) is 10.7 Å². The summed E-state index contributed by atoms with van der Waals surface area (Å²) >= 11 is 5.55. The Hall–Kier alpha value is -2.23. The predicted molar refractivity (Wildman–Crippen MR) is 95.4 cm³/mol. The molecule has 2 N–H and O–H groups in total. The van der Waals surface area contributed by atoms with Gasteiger partial charge in [0.15, 0.2) is 19.1 Å². The van der Waals surface area contributed by atoms with E-state index in [0.717, 1.165) is 44.1 Å². The highest BCUT2D eigenvalue weighted by Gasteiger charge is 2.21. The van der Waals surface area contributed by atoms with Crippen LogP contribution in [0.4, 0.5) is 5.69 Å². The minimum atomic E-state index is 0.633. The Labute approximate surface area is 147 Å². The zero-order valence-electron chi connectivity index (χ0n) is 14.2. The van der Waals surface area contributed by atoms with Gasteiger partial charge in [0.05, 0.1) is 31.7 Å². The minimum Gasteiger partial charge on any atom is -0.360 e. The number of pyridine rings is 2. The number of nitrogens with one attached hydrogen (secondary N) is 2. The molecule has 0 atom stereocenters. The predicted octanol–water partition coefficient (Wildman–Crippen LogP) is 0.883. The van der Waals surface area contributed by atoms with E-state index in [9.17, 15) is 5.26 Å². The summed E-state index contributed by atoms with van der Waals surface area (Å²) in [5.74, 6) is 0. The average Bonchev–Trinajstić information content (AvgIpc) is 2.60. The van der Waals surface area contributed by atoms with Crippen molar-refractivity contribution in [3.8, 4) is 6.07 Å². The molecular weight excluding hydrogens is 318 g/mol. The summed E-state index contributed by atoms with van der Waals surface area (Å²) in [5.41, 5.74) is 4.00. The first kappa shape index (κ1) is 16.6. The van der Waals surface area contributed by atoms with E-state index >= 15 is 0 Å². The van der Waals surface area contributed by atoms with Gasteiger partial charge in [-0.3, -0.25) is 4.57 Å². The second-order valence-electron chi connectivity index (χ2n) is 6.34. The highest BCUT2D eigenvalue weighted by Crippen LogP contribution is 2.13. The molecule has 0 radical (unpaired) electrons. The van der Waals surface area contributed by atoms with Crippen molar-refractivity contribution in [2.75, 3.05) is 31.1 Å². The third-order valence-corrected chi connectivity index (χ3v) is 5.16. The summed E-state index contributed by atoms with van der Waals surface area (Å²) in [6.07, 6.45) is 3.93. The first-order valence-electron chi connectivity index (χ1n) is 8.26. The van der Waals surface area contributed by atoms with Crippen LogP contribution in [0.5, 0.6) is 0 Å². The van der Waals surface area contributed by atoms with Crippen LogP contribution in [0.15, 0.2) is 30.6 Å². The molecule has 1 saturated heterocycles. The van der Waals surface area contributed by atoms with Gasteiger partial charge < -0.3 is 9.80 Å². The van der Waals surface area contributed by atoms with Gasteiger partial charge in [-0.1, -0.05) is 12.2 Å². The number of quaternary nitrogens is 1. The maximum atomic E-state index is 9.34. The lowest BCUT2D eigenvalue weighted by Crippen LogP contribution is -3.14. The summed E-state index contributed by atoms with van der Waals surface area (Å²) in [4.78, 5) is 6.98. The van der Waals surface area contributed by atoms with Crippen LogP contribution in [0.3, 0.4) is 0 Å². The van der Waals surface area contributed by atoms with Crippen molar-refractivity contribution >= 4 is 17.9 Å². The van der Waals surface area contributed by atoms with Gasteiger partial charge in [-0.05, 0) is 25.5 Å². The number of hydrogen-bond donors (Lipinski definition) is 1. The lowest BCUT2D eigenvalue weighted by Gasteiger charge is -2.34. The van der Waals surface area contributed by atoms with Gasteiger partial charge >= 0.3 is 0 Å². The summed E-state index contributed by atoms with van der Waals surface area (Å²) in [7, 11) is 0. The largest absolute Gasteiger partial charge is 0.360 e. The van der Waals surface area contributed by atoms with E-state index in [1.165, 1.54) is 10.6 Å². The highest BCUT2D eigenvalue weighted by atomic mass is 32.1. The smallest absolute Gasteiger partial charge is 0.169 e. The van der Waals surface area contributed by atoms with Gasteiger partial charge in [-0.15, -0.1) is 0 Å². The number of anilines is 1. The van der Waals surface area contributed by atoms with E-state index in [1.807, 2.05) is 19.3 Å². The lowest BCUT2D eigenvalue weighted by atomic mass is 10.1. The molecule has 2 aromatic heterocycles. The van der Waals surface area contributed by atoms with E-state index in [-0.39, 0.29) is 0 Å². The van der Waals surface area contributed by atoms with Crippen molar-refractivity contribution in [2.24, 2.45) is 0 Å². The summed E-state index contributed by atoms with van der Waals surface area (Å²) < 4.78 is 2.78. The number of piperazine rings is 1. The Morgan fingerprint density at radius 3 is 2.54 bits per heavy atom. The van der Waals surface area contributed by atoms with E-state index in [4.69, 9.17) is 12.2 Å². The fourth-order valence-electron chi connectivity index (χ4n) is 3.31. The summed E-state index contributed by atoms with van der Waals surface area (Å²) in [5, 5.41) is 9.34. The molecule has 1 aliphatic rings. The van der Waals surface area contributed by atoms with Crippen LogP contribution in [-0.2, 0) is 6.67 Å². The fraction of sp³-hybridized carbons (Fsp3) is 0.389. The number of nitriles is 1. The molecule has 0 aromatic carbocycles. The van der Waals surface area contributed by atoms with Crippen molar-refractivity contribution in [3.63, 3.8) is 0 Å². The molecule has 0 spiro atoms. The van der Waals surface area contributed by atoms with Gasteiger partial charge in [0.2, 0.25) is 0 Å². The molecule has 6 heteroatoms. The van der Waals surface area contributed by atoms with Gasteiger partial charge in [-0.25, -0.2) is 4.98 Å². The molecule has 0 bridgehead atoms. The zero-order valence-corrected chi connectivity index (χ0v) is 15.0. The molecule has 3 heterocycles. The molecule has 2 aromatic rings. The fourth-order valence-corrected chi connectivity index (χ4v) is 3.73. The number of aromatic nitrogens is 2. The van der Waals surface area contributed by atoms with E-state index in [0.29, 0.717) is 10.2 Å². The zero-order chi connectivity index (χ0) is 17.1. The van der Waals surface area contributed by atoms with E-state index < -0.39 is 0 Å². The normalized spacial score (nSPS) is 15.3. The monoisotopic (exact) mass is 341 g/mol. The Morgan fingerprint density at radius 1 is 1.25 bits per heavy atom.